The van der Waals surface area contributed by atoms with Crippen molar-refractivity contribution in [2.45, 2.75) is 47.7 Å². The molecule has 1 atom stereocenters. The highest BCUT2D eigenvalue weighted by Crippen LogP contribution is 2.50. The third kappa shape index (κ3) is 8.48. The van der Waals surface area contributed by atoms with E-state index in [-0.39, 0.29) is 6.61 Å². The Hall–Kier alpha value is -1.24. The van der Waals surface area contributed by atoms with Gasteiger partial charge in [-0.25, -0.2) is 8.78 Å². The van der Waals surface area contributed by atoms with E-state index >= 15 is 0 Å². The second-order valence-corrected chi connectivity index (χ2v) is 8.19. The van der Waals surface area contributed by atoms with Crippen LogP contribution in [-0.2, 0) is 20.2 Å². The Balaban J connectivity index is -0.000000453. The molecular weight excluding hydrogens is 566 g/mol. The summed E-state index contributed by atoms with van der Waals surface area (Å²) in [6, 6.07) is 0. The van der Waals surface area contributed by atoms with Crippen LogP contribution in [0.15, 0.2) is 0 Å². The van der Waals surface area contributed by atoms with Crippen molar-refractivity contribution in [3.8, 4) is 0 Å². The largest absolute Gasteiger partial charge is 0.449 e. The van der Waals surface area contributed by atoms with Crippen LogP contribution < -0.4 is 0 Å². The molecule has 24 heteroatoms. The lowest BCUT2D eigenvalue weighted by atomic mass is 10.3. The zero-order valence-electron chi connectivity index (χ0n) is 14.8. The van der Waals surface area contributed by atoms with Gasteiger partial charge in [-0.1, -0.05) is 0 Å². The molecule has 0 radical (unpaired) electrons. The third-order valence-electron chi connectivity index (χ3n) is 2.43. The van der Waals surface area contributed by atoms with Gasteiger partial charge < -0.3 is 10.2 Å². The van der Waals surface area contributed by atoms with Gasteiger partial charge in [0.2, 0.25) is 0 Å². The van der Waals surface area contributed by atoms with E-state index in [1.807, 2.05) is 0 Å². The van der Waals surface area contributed by atoms with Crippen LogP contribution in [0, 0.1) is 0 Å². The molecule has 0 rings (SSSR count). The maximum Gasteiger partial charge on any atom is 0.449 e. The minimum atomic E-state index is -7.00. The molecule has 0 aromatic heterocycles. The first-order chi connectivity index (χ1) is 13.8. The zero-order chi connectivity index (χ0) is 28.3. The Bertz CT molecular complexity index is 727. The summed E-state index contributed by atoms with van der Waals surface area (Å²) < 4.78 is 216. The minimum Gasteiger partial charge on any atom is -0.394 e. The van der Waals surface area contributed by atoms with E-state index in [0.29, 0.717) is 0 Å². The molecule has 0 amide bonds. The van der Waals surface area contributed by atoms with Crippen molar-refractivity contribution in [2.24, 2.45) is 0 Å². The molecule has 0 aliphatic rings. The maximum atomic E-state index is 12.2. The van der Waals surface area contributed by atoms with Crippen LogP contribution in [0.1, 0.15) is 6.92 Å². The predicted octanol–water partition coefficient (Wildman–Crippen LogP) is 2.69. The lowest BCUT2D eigenvalue weighted by Crippen LogP contribution is -2.58. The molecule has 1 unspecified atom stereocenters. The first-order valence-electron chi connectivity index (χ1n) is 6.65. The van der Waals surface area contributed by atoms with Crippen molar-refractivity contribution in [2.75, 3.05) is 6.61 Å². The van der Waals surface area contributed by atoms with Crippen molar-refractivity contribution in [1.29, 1.82) is 0 Å². The standard InChI is InChI=1S/2C3HF7O3S.C3H8O2/c2*4-1(2(5,6)7,3(8,9)10)14(11,12)13;1-3(5)2-4/h2*(H,11,12,13);3-5H,2H2,1H3. The van der Waals surface area contributed by atoms with Gasteiger partial charge in [0.05, 0.1) is 12.7 Å². The fourth-order valence-electron chi connectivity index (χ4n) is 0.906. The van der Waals surface area contributed by atoms with Crippen molar-refractivity contribution in [3.63, 3.8) is 0 Å². The Morgan fingerprint density at radius 3 is 0.697 bits per heavy atom. The Labute approximate surface area is 173 Å². The molecule has 0 heterocycles. The van der Waals surface area contributed by atoms with Gasteiger partial charge in [-0.3, -0.25) is 9.11 Å². The normalized spacial score (nSPS) is 15.6. The average molecular weight is 576 g/mol. The summed E-state index contributed by atoms with van der Waals surface area (Å²) in [5.74, 6) is 0. The number of halogens is 14. The van der Waals surface area contributed by atoms with Gasteiger partial charge in [0, 0.05) is 0 Å². The Morgan fingerprint density at radius 1 is 0.576 bits per heavy atom. The van der Waals surface area contributed by atoms with Gasteiger partial charge >= 0.3 is 54.9 Å². The summed E-state index contributed by atoms with van der Waals surface area (Å²) in [5, 5.41) is 2.69. The number of hydrogen-bond donors (Lipinski definition) is 4. The fraction of sp³-hybridized carbons (Fsp3) is 1.00. The molecule has 0 spiro atoms. The summed E-state index contributed by atoms with van der Waals surface area (Å²) in [5.41, 5.74) is 0. The highest BCUT2D eigenvalue weighted by atomic mass is 32.2. The van der Waals surface area contributed by atoms with Crippen LogP contribution >= 0.6 is 0 Å². The summed E-state index contributed by atoms with van der Waals surface area (Å²) >= 11 is 0. The van der Waals surface area contributed by atoms with Crippen molar-refractivity contribution < 1.29 is 97.6 Å². The van der Waals surface area contributed by atoms with Crippen LogP contribution in [-0.4, -0.2) is 83.6 Å². The van der Waals surface area contributed by atoms with E-state index in [2.05, 4.69) is 0 Å². The monoisotopic (exact) mass is 576 g/mol. The topological polar surface area (TPSA) is 149 Å². The van der Waals surface area contributed by atoms with Crippen LogP contribution in [0.3, 0.4) is 0 Å². The number of alkyl halides is 14. The molecule has 33 heavy (non-hydrogen) atoms. The van der Waals surface area contributed by atoms with Crippen LogP contribution in [0.25, 0.3) is 0 Å². The van der Waals surface area contributed by atoms with Gasteiger partial charge in [0.25, 0.3) is 0 Å². The highest BCUT2D eigenvalue weighted by molar-refractivity contribution is 7.87. The van der Waals surface area contributed by atoms with E-state index < -0.39 is 61.0 Å². The van der Waals surface area contributed by atoms with Crippen LogP contribution in [0.2, 0.25) is 0 Å². The molecule has 0 bridgehead atoms. The SMILES string of the molecule is CC(O)CO.O=S(=O)(O)C(F)(C(F)(F)F)C(F)(F)F.O=S(=O)(O)C(F)(C(F)(F)F)C(F)(F)F. The number of hydrogen-bond acceptors (Lipinski definition) is 6. The second-order valence-electron chi connectivity index (χ2n) is 5.16. The van der Waals surface area contributed by atoms with E-state index in [4.69, 9.17) is 19.3 Å². The molecule has 0 saturated heterocycles. The van der Waals surface area contributed by atoms with Crippen molar-refractivity contribution in [1.82, 2.24) is 0 Å². The summed E-state index contributed by atoms with van der Waals surface area (Å²) in [6.07, 6.45) is -27.8. The van der Waals surface area contributed by atoms with Crippen LogP contribution in [0.5, 0.6) is 0 Å². The smallest absolute Gasteiger partial charge is 0.394 e. The van der Waals surface area contributed by atoms with E-state index in [1.165, 1.54) is 6.92 Å². The van der Waals surface area contributed by atoms with Crippen LogP contribution in [0.4, 0.5) is 61.5 Å². The summed E-state index contributed by atoms with van der Waals surface area (Å²) in [6.45, 7) is 1.39. The quantitative estimate of drug-likeness (QED) is 0.296. The molecular formula is C9H10F14O8S2. The lowest BCUT2D eigenvalue weighted by Gasteiger charge is -2.26. The van der Waals surface area contributed by atoms with Gasteiger partial charge in [-0.05, 0) is 6.92 Å². The van der Waals surface area contributed by atoms with Gasteiger partial charge in [-0.15, -0.1) is 0 Å². The molecule has 0 saturated carbocycles. The van der Waals surface area contributed by atoms with E-state index in [1.54, 1.807) is 0 Å². The molecule has 0 fully saturated rings. The summed E-state index contributed by atoms with van der Waals surface area (Å²) in [4.78, 5) is 0. The first-order valence-corrected chi connectivity index (χ1v) is 9.53. The van der Waals surface area contributed by atoms with Gasteiger partial charge in [0.15, 0.2) is 0 Å². The van der Waals surface area contributed by atoms with Gasteiger partial charge in [-0.2, -0.15) is 69.5 Å². The minimum absolute atomic E-state index is 0.139. The molecule has 0 aromatic carbocycles. The molecule has 0 aliphatic heterocycles. The van der Waals surface area contributed by atoms with E-state index in [9.17, 15) is 78.3 Å². The second kappa shape index (κ2) is 10.6. The highest BCUT2D eigenvalue weighted by Gasteiger charge is 2.81. The molecule has 204 valence electrons. The fourth-order valence-corrected chi connectivity index (χ4v) is 2.08. The average Bonchev–Trinajstić information content (AvgIpc) is 2.47. The zero-order valence-corrected chi connectivity index (χ0v) is 16.4. The number of rotatable bonds is 3. The van der Waals surface area contributed by atoms with Crippen molar-refractivity contribution in [3.05, 3.63) is 0 Å². The molecule has 8 nitrogen and oxygen atoms in total. The predicted molar refractivity (Wildman–Crippen MR) is 73.8 cm³/mol. The Kier molecular flexibility index (Phi) is 11.6. The first kappa shape index (κ1) is 36.3. The number of aliphatic hydroxyl groups is 2. The summed E-state index contributed by atoms with van der Waals surface area (Å²) in [7, 11) is -14.0. The molecule has 0 aliphatic carbocycles. The van der Waals surface area contributed by atoms with Gasteiger partial charge in [0.1, 0.15) is 0 Å². The molecule has 0 aromatic rings. The van der Waals surface area contributed by atoms with E-state index in [0.717, 1.165) is 0 Å². The number of aliphatic hydroxyl groups excluding tert-OH is 2. The Morgan fingerprint density at radius 2 is 0.697 bits per heavy atom. The van der Waals surface area contributed by atoms with Crippen molar-refractivity contribution >= 4 is 20.2 Å². The molecule has 4 N–H and O–H groups in total. The lowest BCUT2D eigenvalue weighted by molar-refractivity contribution is -0.308. The third-order valence-corrected chi connectivity index (χ3v) is 4.78. The maximum absolute atomic E-state index is 12.2.